The van der Waals surface area contributed by atoms with Crippen molar-refractivity contribution in [3.63, 3.8) is 0 Å². The molecule has 4 radical (unpaired) electrons. The number of aromatic hydroxyl groups is 4. The zero-order chi connectivity index (χ0) is 46.3. The van der Waals surface area contributed by atoms with Gasteiger partial charge in [0.15, 0.2) is 0 Å². The summed E-state index contributed by atoms with van der Waals surface area (Å²) in [5.74, 6) is 0.867. The van der Waals surface area contributed by atoms with Crippen LogP contribution in [-0.2, 0) is 62.0 Å². The predicted molar refractivity (Wildman–Crippen MR) is 271 cm³/mol. The largest absolute Gasteiger partial charge is 0.507 e. The van der Waals surface area contributed by atoms with Crippen LogP contribution in [0.5, 0.6) is 23.0 Å². The van der Waals surface area contributed by atoms with Crippen LogP contribution in [0.1, 0.15) is 73.6 Å². The first-order chi connectivity index (χ1) is 32.5. The minimum Gasteiger partial charge on any atom is -0.507 e. The fourth-order valence-electron chi connectivity index (χ4n) is 7.40. The van der Waals surface area contributed by atoms with Gasteiger partial charge in [0, 0.05) is 140 Å². The summed E-state index contributed by atoms with van der Waals surface area (Å²) in [6.45, 7) is 7.04. The van der Waals surface area contributed by atoms with Crippen molar-refractivity contribution in [1.29, 1.82) is 0 Å². The number of hydrogen-bond acceptors (Lipinski definition) is 14. The number of para-hydroxylation sites is 4. The Balaban J connectivity index is 0.000000517. The third-order valence-corrected chi connectivity index (χ3v) is 10.9. The van der Waals surface area contributed by atoms with E-state index in [1.54, 1.807) is 97.7 Å². The second-order valence-electron chi connectivity index (χ2n) is 15.8. The summed E-state index contributed by atoms with van der Waals surface area (Å²) in [6.07, 6.45) is 16.4. The van der Waals surface area contributed by atoms with E-state index < -0.39 is 0 Å². The van der Waals surface area contributed by atoms with Crippen LogP contribution >= 0.6 is 0 Å². The van der Waals surface area contributed by atoms with Gasteiger partial charge in [-0.15, -0.1) is 0 Å². The van der Waals surface area contributed by atoms with Crippen molar-refractivity contribution in [2.45, 2.75) is 75.8 Å². The van der Waals surface area contributed by atoms with Crippen molar-refractivity contribution in [2.75, 3.05) is 79.0 Å². The van der Waals surface area contributed by atoms with Gasteiger partial charge in [0.25, 0.3) is 0 Å². The van der Waals surface area contributed by atoms with Crippen molar-refractivity contribution in [3.8, 4) is 23.0 Å². The molecule has 1 aliphatic heterocycles. The number of ether oxygens (including phenoxy) is 6. The molecule has 1 heterocycles. The predicted octanol–water partition coefficient (Wildman–Crippen LogP) is 7.23. The van der Waals surface area contributed by atoms with Crippen LogP contribution in [0.3, 0.4) is 0 Å². The fraction of sp³-hybridized carbons (Fsp3) is 0.462. The molecule has 0 aromatic heterocycles. The summed E-state index contributed by atoms with van der Waals surface area (Å²) in [4.78, 5) is 16.8. The smallest absolute Gasteiger partial charge is 0.124 e. The molecule has 18 heteroatoms. The molecule has 376 valence electrons. The van der Waals surface area contributed by atoms with Gasteiger partial charge in [0.1, 0.15) is 23.0 Å². The third-order valence-electron chi connectivity index (χ3n) is 10.9. The van der Waals surface area contributed by atoms with E-state index in [1.807, 2.05) is 24.3 Å². The number of fused-ring (bicyclic) bond motifs is 2. The average molecular weight is 1070 g/mol. The zero-order valence-electron chi connectivity index (χ0n) is 40.7. The molecule has 3 aliphatic rings. The first-order valence-electron chi connectivity index (χ1n) is 23.2. The summed E-state index contributed by atoms with van der Waals surface area (Å²) in [6, 6.07) is 28.1. The minimum atomic E-state index is 0. The molecule has 14 nitrogen and oxygen atoms in total. The minimum absolute atomic E-state index is 0. The van der Waals surface area contributed by atoms with E-state index in [-0.39, 0.29) is 140 Å². The Morgan fingerprint density at radius 2 is 0.571 bits per heavy atom. The molecule has 4 N–H and O–H groups in total. The SMILES string of the molecule is C1CCC2OCCOCCOC3CCCCC3OCCOCCOC2C1.Oc1ccccc1C=NCCN=Cc1ccccc1O.Oc1ccccc1C=NCCN=Cc1ccccc1O.[Co].[Co].[Na].[Na]. The Hall–Kier alpha value is -2.47. The van der Waals surface area contributed by atoms with Gasteiger partial charge in [-0.1, -0.05) is 74.2 Å². The molecule has 7 rings (SSSR count). The number of phenols is 4. The van der Waals surface area contributed by atoms with Crippen LogP contribution in [0.4, 0.5) is 0 Å². The van der Waals surface area contributed by atoms with Crippen molar-refractivity contribution < 1.29 is 82.4 Å². The number of aliphatic imine (C=N–C) groups is 4. The van der Waals surface area contributed by atoms with Crippen molar-refractivity contribution >= 4 is 84.0 Å². The molecular formula is C52H68Co2N4Na2O10. The Morgan fingerprint density at radius 3 is 0.786 bits per heavy atom. The fourth-order valence-corrected chi connectivity index (χ4v) is 7.40. The van der Waals surface area contributed by atoms with E-state index >= 15 is 0 Å². The normalized spacial score (nSPS) is 20.2. The molecular weight excluding hydrogens is 1000 g/mol. The average Bonchev–Trinajstić information content (AvgIpc) is 3.33. The number of nitrogens with zero attached hydrogens (tertiary/aromatic N) is 4. The molecule has 4 aromatic rings. The van der Waals surface area contributed by atoms with E-state index in [0.717, 1.165) is 25.7 Å². The van der Waals surface area contributed by atoms with Crippen LogP contribution in [0, 0.1) is 0 Å². The Kier molecular flexibility index (Phi) is 38.3. The van der Waals surface area contributed by atoms with Crippen LogP contribution in [-0.4, -0.2) is 208 Å². The summed E-state index contributed by atoms with van der Waals surface area (Å²) in [7, 11) is 0. The maximum atomic E-state index is 9.54. The molecule has 4 aromatic carbocycles. The Bertz CT molecular complexity index is 1800. The second-order valence-corrected chi connectivity index (χ2v) is 15.8. The molecule has 0 spiro atoms. The molecule has 70 heavy (non-hydrogen) atoms. The number of phenolic OH excluding ortho intramolecular Hbond substituents is 4. The van der Waals surface area contributed by atoms with Gasteiger partial charge >= 0.3 is 0 Å². The summed E-state index contributed by atoms with van der Waals surface area (Å²) >= 11 is 0. The van der Waals surface area contributed by atoms with E-state index in [0.29, 0.717) is 101 Å². The van der Waals surface area contributed by atoms with Crippen molar-refractivity contribution in [2.24, 2.45) is 20.0 Å². The van der Waals surface area contributed by atoms with Crippen LogP contribution < -0.4 is 0 Å². The van der Waals surface area contributed by atoms with Gasteiger partial charge in [-0.25, -0.2) is 0 Å². The van der Waals surface area contributed by atoms with Crippen LogP contribution in [0.15, 0.2) is 117 Å². The molecule has 0 amide bonds. The van der Waals surface area contributed by atoms with E-state index in [4.69, 9.17) is 28.4 Å². The maximum absolute atomic E-state index is 9.54. The maximum Gasteiger partial charge on any atom is 0.124 e. The second kappa shape index (κ2) is 40.9. The molecule has 2 aliphatic carbocycles. The van der Waals surface area contributed by atoms with Gasteiger partial charge in [-0.3, -0.25) is 20.0 Å². The van der Waals surface area contributed by atoms with Crippen molar-refractivity contribution in [3.05, 3.63) is 119 Å². The van der Waals surface area contributed by atoms with Crippen molar-refractivity contribution in [1.82, 2.24) is 0 Å². The van der Waals surface area contributed by atoms with Crippen LogP contribution in [0.25, 0.3) is 0 Å². The summed E-state index contributed by atoms with van der Waals surface area (Å²) < 4.78 is 35.5. The van der Waals surface area contributed by atoms with Gasteiger partial charge in [-0.05, 0) is 74.2 Å². The number of hydrogen-bond donors (Lipinski definition) is 4. The first-order valence-corrected chi connectivity index (χ1v) is 23.2. The van der Waals surface area contributed by atoms with Gasteiger partial charge in [0.05, 0.1) is 103 Å². The molecule has 1 saturated heterocycles. The van der Waals surface area contributed by atoms with E-state index in [2.05, 4.69) is 20.0 Å². The van der Waals surface area contributed by atoms with E-state index in [9.17, 15) is 20.4 Å². The quantitative estimate of drug-likeness (QED) is 0.0718. The van der Waals surface area contributed by atoms with Gasteiger partial charge in [-0.2, -0.15) is 0 Å². The Morgan fingerprint density at radius 1 is 0.357 bits per heavy atom. The molecule has 3 fully saturated rings. The summed E-state index contributed by atoms with van der Waals surface area (Å²) in [5.41, 5.74) is 2.77. The van der Waals surface area contributed by atoms with E-state index in [1.165, 1.54) is 25.7 Å². The van der Waals surface area contributed by atoms with Gasteiger partial charge < -0.3 is 48.8 Å². The molecule has 2 saturated carbocycles. The topological polar surface area (TPSA) is 186 Å². The molecule has 4 atom stereocenters. The molecule has 0 bridgehead atoms. The molecule has 4 unspecified atom stereocenters. The summed E-state index contributed by atoms with van der Waals surface area (Å²) in [5, 5.41) is 38.2. The zero-order valence-corrected chi connectivity index (χ0v) is 46.8. The standard InChI is InChI=1S/C20H36O6.2C16H16N2O2.2Co.2Na/c1-2-6-18-17(5-1)23-13-9-21-11-15-25-19-7-3-4-8-20(19)26-16-12-22-10-14-24-18;2*19-15-7-3-1-5-13(15)11-17-9-10-18-12-14-6-2-4-8-16(14)20;;;;/h17-20H,1-16H2;2*1-8,11-12,19-20H,9-10H2;;;;. The first kappa shape index (κ1) is 65.5. The van der Waals surface area contributed by atoms with Gasteiger partial charge in [0.2, 0.25) is 0 Å². The Labute approximate surface area is 479 Å². The van der Waals surface area contributed by atoms with Crippen LogP contribution in [0.2, 0.25) is 0 Å². The third kappa shape index (κ3) is 26.5. The number of rotatable bonds is 10. The number of benzene rings is 4. The monoisotopic (exact) mass is 1070 g/mol.